The Hall–Kier alpha value is -3.79. The van der Waals surface area contributed by atoms with E-state index in [1.54, 1.807) is 25.8 Å². The number of benzene rings is 2. The molecule has 0 radical (unpaired) electrons. The number of piperidine rings is 1. The number of ether oxygens (including phenoxy) is 1. The fourth-order valence-corrected chi connectivity index (χ4v) is 4.86. The Bertz CT molecular complexity index is 1210. The third-order valence-electron chi connectivity index (χ3n) is 6.94. The van der Waals surface area contributed by atoms with E-state index in [0.717, 1.165) is 11.3 Å². The lowest BCUT2D eigenvalue weighted by atomic mass is 9.73. The molecule has 2 aliphatic heterocycles. The number of carbonyl (C=O) groups is 3. The van der Waals surface area contributed by atoms with Gasteiger partial charge in [-0.3, -0.25) is 14.4 Å². The van der Waals surface area contributed by atoms with Gasteiger partial charge in [-0.2, -0.15) is 5.10 Å². The standard InChI is InChI=1S/C28H34FN5O4/c1-27(2,30)25(36)31-22(14-16-38-21-11-9-20(29)10-12-21)24(35)34-15-13-23-28(18-34,26(37)33(3)32-23)17-19-7-5-4-6-8-19/h4-12,22H,13-18,30H2,1-3H3,(H,31,36)/t22-,28-/m1/s1. The highest BCUT2D eigenvalue weighted by molar-refractivity contribution is 6.13. The monoisotopic (exact) mass is 523 g/mol. The molecule has 0 saturated carbocycles. The predicted molar refractivity (Wildman–Crippen MR) is 141 cm³/mol. The van der Waals surface area contributed by atoms with Gasteiger partial charge in [0, 0.05) is 33.0 Å². The van der Waals surface area contributed by atoms with Crippen LogP contribution in [0.4, 0.5) is 4.39 Å². The van der Waals surface area contributed by atoms with E-state index in [-0.39, 0.29) is 37.2 Å². The Labute approximate surface area is 221 Å². The number of likely N-dealkylation sites (tertiary alicyclic amines) is 1. The summed E-state index contributed by atoms with van der Waals surface area (Å²) in [6.07, 6.45) is 1.03. The normalized spacial score (nSPS) is 20.0. The van der Waals surface area contributed by atoms with Gasteiger partial charge in [0.15, 0.2) is 0 Å². The van der Waals surface area contributed by atoms with Gasteiger partial charge in [-0.1, -0.05) is 30.3 Å². The summed E-state index contributed by atoms with van der Waals surface area (Å²) >= 11 is 0. The number of rotatable bonds is 9. The van der Waals surface area contributed by atoms with Crippen molar-refractivity contribution >= 4 is 23.4 Å². The number of hydrazone groups is 1. The largest absolute Gasteiger partial charge is 0.493 e. The van der Waals surface area contributed by atoms with Gasteiger partial charge in [-0.25, -0.2) is 9.40 Å². The maximum absolute atomic E-state index is 13.8. The molecule has 0 spiro atoms. The highest BCUT2D eigenvalue weighted by Gasteiger charge is 2.53. The van der Waals surface area contributed by atoms with Crippen LogP contribution in [0.3, 0.4) is 0 Å². The molecule has 4 rings (SSSR count). The molecule has 2 heterocycles. The zero-order chi connectivity index (χ0) is 27.5. The average Bonchev–Trinajstić information content (AvgIpc) is 3.13. The van der Waals surface area contributed by atoms with E-state index >= 15 is 0 Å². The van der Waals surface area contributed by atoms with Crippen molar-refractivity contribution in [2.24, 2.45) is 16.3 Å². The molecule has 0 aliphatic carbocycles. The number of nitrogens with two attached hydrogens (primary N) is 1. The maximum atomic E-state index is 13.8. The van der Waals surface area contributed by atoms with Crippen molar-refractivity contribution in [3.8, 4) is 5.75 Å². The SMILES string of the molecule is CN1N=C2CCN(C(=O)[C@@H](CCOc3ccc(F)cc3)NC(=O)C(C)(C)N)C[C@@]2(Cc2ccccc2)C1=O. The van der Waals surface area contributed by atoms with Crippen LogP contribution in [0, 0.1) is 11.2 Å². The molecule has 3 amide bonds. The molecule has 2 aliphatic rings. The van der Waals surface area contributed by atoms with E-state index < -0.39 is 22.9 Å². The molecule has 0 unspecified atom stereocenters. The van der Waals surface area contributed by atoms with Gasteiger partial charge >= 0.3 is 0 Å². The van der Waals surface area contributed by atoms with Crippen LogP contribution in [-0.2, 0) is 20.8 Å². The molecule has 2 aromatic carbocycles. The Balaban J connectivity index is 1.54. The van der Waals surface area contributed by atoms with Gasteiger partial charge in [0.1, 0.15) is 23.0 Å². The molecule has 2 aromatic rings. The quantitative estimate of drug-likeness (QED) is 0.522. The van der Waals surface area contributed by atoms with E-state index in [4.69, 9.17) is 10.5 Å². The predicted octanol–water partition coefficient (Wildman–Crippen LogP) is 2.11. The molecule has 9 nitrogen and oxygen atoms in total. The number of halogens is 1. The summed E-state index contributed by atoms with van der Waals surface area (Å²) in [7, 11) is 1.63. The van der Waals surface area contributed by atoms with Crippen molar-refractivity contribution in [2.75, 3.05) is 26.7 Å². The average molecular weight is 524 g/mol. The third kappa shape index (κ3) is 5.85. The maximum Gasteiger partial charge on any atom is 0.256 e. The summed E-state index contributed by atoms with van der Waals surface area (Å²) in [6.45, 7) is 3.74. The first kappa shape index (κ1) is 27.3. The van der Waals surface area contributed by atoms with E-state index in [1.165, 1.54) is 29.3 Å². The van der Waals surface area contributed by atoms with Crippen molar-refractivity contribution in [1.82, 2.24) is 15.2 Å². The van der Waals surface area contributed by atoms with Crippen molar-refractivity contribution in [1.29, 1.82) is 0 Å². The Morgan fingerprint density at radius 1 is 1.18 bits per heavy atom. The molecule has 0 bridgehead atoms. The minimum atomic E-state index is -1.20. The second kappa shape index (κ2) is 10.9. The van der Waals surface area contributed by atoms with Crippen molar-refractivity contribution in [3.63, 3.8) is 0 Å². The highest BCUT2D eigenvalue weighted by atomic mass is 19.1. The smallest absolute Gasteiger partial charge is 0.256 e. The van der Waals surface area contributed by atoms with Gasteiger partial charge in [-0.15, -0.1) is 0 Å². The summed E-state index contributed by atoms with van der Waals surface area (Å²) in [5.74, 6) is -0.889. The number of carbonyl (C=O) groups excluding carboxylic acids is 3. The lowest BCUT2D eigenvalue weighted by Crippen LogP contribution is -2.61. The van der Waals surface area contributed by atoms with Crippen LogP contribution >= 0.6 is 0 Å². The Morgan fingerprint density at radius 2 is 1.87 bits per heavy atom. The second-order valence-corrected chi connectivity index (χ2v) is 10.5. The molecule has 2 atom stereocenters. The zero-order valence-electron chi connectivity index (χ0n) is 21.9. The summed E-state index contributed by atoms with van der Waals surface area (Å²) < 4.78 is 18.9. The first-order chi connectivity index (χ1) is 18.0. The zero-order valence-corrected chi connectivity index (χ0v) is 21.9. The summed E-state index contributed by atoms with van der Waals surface area (Å²) in [4.78, 5) is 41.6. The topological polar surface area (TPSA) is 117 Å². The summed E-state index contributed by atoms with van der Waals surface area (Å²) in [5.41, 5.74) is 5.56. The van der Waals surface area contributed by atoms with Crippen LogP contribution in [0.1, 0.15) is 32.3 Å². The van der Waals surface area contributed by atoms with Gasteiger partial charge < -0.3 is 20.7 Å². The van der Waals surface area contributed by atoms with Gasteiger partial charge in [-0.05, 0) is 50.1 Å². The first-order valence-electron chi connectivity index (χ1n) is 12.7. The van der Waals surface area contributed by atoms with E-state index in [1.807, 2.05) is 30.3 Å². The number of fused-ring (bicyclic) bond motifs is 1. The lowest BCUT2D eigenvalue weighted by Gasteiger charge is -2.41. The minimum Gasteiger partial charge on any atom is -0.493 e. The fraction of sp³-hybridized carbons (Fsp3) is 0.429. The molecule has 38 heavy (non-hydrogen) atoms. The van der Waals surface area contributed by atoms with Crippen molar-refractivity contribution in [3.05, 3.63) is 66.0 Å². The van der Waals surface area contributed by atoms with Crippen LogP contribution in [0.5, 0.6) is 5.75 Å². The van der Waals surface area contributed by atoms with E-state index in [2.05, 4.69) is 10.4 Å². The number of hydrogen-bond donors (Lipinski definition) is 2. The van der Waals surface area contributed by atoms with Crippen LogP contribution in [-0.4, -0.2) is 71.7 Å². The van der Waals surface area contributed by atoms with Gasteiger partial charge in [0.2, 0.25) is 11.8 Å². The third-order valence-corrected chi connectivity index (χ3v) is 6.94. The number of nitrogens with one attached hydrogen (secondary N) is 1. The van der Waals surface area contributed by atoms with E-state index in [9.17, 15) is 18.8 Å². The number of nitrogens with zero attached hydrogens (tertiary/aromatic N) is 3. The Kier molecular flexibility index (Phi) is 7.82. The molecule has 1 fully saturated rings. The lowest BCUT2D eigenvalue weighted by molar-refractivity contribution is -0.142. The molecular formula is C28H34FN5O4. The van der Waals surface area contributed by atoms with Crippen LogP contribution in [0.2, 0.25) is 0 Å². The first-order valence-corrected chi connectivity index (χ1v) is 12.7. The molecule has 0 aromatic heterocycles. The fourth-order valence-electron chi connectivity index (χ4n) is 4.86. The highest BCUT2D eigenvalue weighted by Crippen LogP contribution is 2.38. The summed E-state index contributed by atoms with van der Waals surface area (Å²) in [6, 6.07) is 14.3. The molecule has 1 saturated heterocycles. The summed E-state index contributed by atoms with van der Waals surface area (Å²) in [5, 5.41) is 8.63. The van der Waals surface area contributed by atoms with E-state index in [0.29, 0.717) is 25.1 Å². The molecular weight excluding hydrogens is 489 g/mol. The van der Waals surface area contributed by atoms with Crippen LogP contribution < -0.4 is 15.8 Å². The molecule has 202 valence electrons. The number of hydrogen-bond acceptors (Lipinski definition) is 6. The second-order valence-electron chi connectivity index (χ2n) is 10.5. The Morgan fingerprint density at radius 3 is 2.53 bits per heavy atom. The van der Waals surface area contributed by atoms with Crippen LogP contribution in [0.25, 0.3) is 0 Å². The van der Waals surface area contributed by atoms with Crippen LogP contribution in [0.15, 0.2) is 59.7 Å². The van der Waals surface area contributed by atoms with Crippen molar-refractivity contribution in [2.45, 2.75) is 44.7 Å². The van der Waals surface area contributed by atoms with Gasteiger partial charge in [0.05, 0.1) is 17.9 Å². The van der Waals surface area contributed by atoms with Gasteiger partial charge in [0.25, 0.3) is 5.91 Å². The minimum absolute atomic E-state index is 0.102. The number of amides is 3. The van der Waals surface area contributed by atoms with Crippen molar-refractivity contribution < 1.29 is 23.5 Å². The molecule has 3 N–H and O–H groups in total. The molecule has 10 heteroatoms.